The zero-order valence-electron chi connectivity index (χ0n) is 19.0. The van der Waals surface area contributed by atoms with Gasteiger partial charge in [0.1, 0.15) is 18.2 Å². The molecule has 0 saturated heterocycles. The number of halogens is 3. The molecular formula is C27H23Cl3N2O3. The second-order valence-electron chi connectivity index (χ2n) is 7.57. The Balaban J connectivity index is 1.67. The fourth-order valence-corrected chi connectivity index (χ4v) is 4.04. The number of rotatable bonds is 10. The van der Waals surface area contributed by atoms with Crippen molar-refractivity contribution in [2.45, 2.75) is 19.4 Å². The molecule has 0 heterocycles. The van der Waals surface area contributed by atoms with Gasteiger partial charge in [-0.15, -0.1) is 0 Å². The van der Waals surface area contributed by atoms with Crippen LogP contribution in [0.15, 0.2) is 66.2 Å². The van der Waals surface area contributed by atoms with E-state index in [1.54, 1.807) is 30.3 Å². The largest absolute Gasteiger partial charge is 0.493 e. The third kappa shape index (κ3) is 7.66. The molecular weight excluding hydrogens is 507 g/mol. The third-order valence-electron chi connectivity index (χ3n) is 5.09. The van der Waals surface area contributed by atoms with Crippen molar-refractivity contribution < 1.29 is 14.3 Å². The Morgan fingerprint density at radius 1 is 1.06 bits per heavy atom. The number of benzene rings is 3. The molecule has 1 N–H and O–H groups in total. The van der Waals surface area contributed by atoms with Crippen molar-refractivity contribution in [3.63, 3.8) is 0 Å². The first kappa shape index (κ1) is 26.4. The summed E-state index contributed by atoms with van der Waals surface area (Å²) in [6.07, 6.45) is 3.06. The van der Waals surface area contributed by atoms with Crippen LogP contribution in [0.2, 0.25) is 15.1 Å². The van der Waals surface area contributed by atoms with Crippen molar-refractivity contribution in [2.24, 2.45) is 0 Å². The van der Waals surface area contributed by atoms with E-state index in [9.17, 15) is 10.1 Å². The fourth-order valence-electron chi connectivity index (χ4n) is 3.30. The van der Waals surface area contributed by atoms with E-state index >= 15 is 0 Å². The van der Waals surface area contributed by atoms with E-state index in [-0.39, 0.29) is 17.2 Å². The predicted octanol–water partition coefficient (Wildman–Crippen LogP) is 6.89. The number of hydrogen-bond acceptors (Lipinski definition) is 4. The molecule has 0 aliphatic carbocycles. The molecule has 1 amide bonds. The van der Waals surface area contributed by atoms with Gasteiger partial charge in [-0.25, -0.2) is 0 Å². The SMILES string of the molecule is COc1cc(/C=C(/C#N)C(=O)NCCCc2ccccc2)cc(Cl)c1OCc1ccc(Cl)cc1Cl. The minimum absolute atomic E-state index is 0.0376. The summed E-state index contributed by atoms with van der Waals surface area (Å²) in [7, 11) is 1.48. The van der Waals surface area contributed by atoms with Gasteiger partial charge >= 0.3 is 0 Å². The lowest BCUT2D eigenvalue weighted by atomic mass is 10.1. The van der Waals surface area contributed by atoms with Gasteiger partial charge in [0.15, 0.2) is 11.5 Å². The van der Waals surface area contributed by atoms with Gasteiger partial charge in [0, 0.05) is 22.2 Å². The number of ether oxygens (including phenoxy) is 2. The maximum atomic E-state index is 12.5. The zero-order valence-corrected chi connectivity index (χ0v) is 21.3. The number of carbonyl (C=O) groups excluding carboxylic acids is 1. The lowest BCUT2D eigenvalue weighted by molar-refractivity contribution is -0.117. The molecule has 0 fully saturated rings. The van der Waals surface area contributed by atoms with E-state index in [2.05, 4.69) is 5.32 Å². The van der Waals surface area contributed by atoms with Gasteiger partial charge in [-0.2, -0.15) is 5.26 Å². The van der Waals surface area contributed by atoms with Crippen LogP contribution in [0.5, 0.6) is 11.5 Å². The van der Waals surface area contributed by atoms with E-state index in [0.717, 1.165) is 18.4 Å². The quantitative estimate of drug-likeness (QED) is 0.176. The zero-order chi connectivity index (χ0) is 25.2. The molecule has 8 heteroatoms. The molecule has 0 spiro atoms. The minimum Gasteiger partial charge on any atom is -0.493 e. The molecule has 0 aliphatic heterocycles. The van der Waals surface area contributed by atoms with E-state index in [4.69, 9.17) is 44.3 Å². The number of nitrogens with zero attached hydrogens (tertiary/aromatic N) is 1. The maximum Gasteiger partial charge on any atom is 0.261 e. The minimum atomic E-state index is -0.451. The topological polar surface area (TPSA) is 71.3 Å². The van der Waals surface area contributed by atoms with Crippen LogP contribution in [0.3, 0.4) is 0 Å². The van der Waals surface area contributed by atoms with Gasteiger partial charge < -0.3 is 14.8 Å². The maximum absolute atomic E-state index is 12.5. The Morgan fingerprint density at radius 2 is 1.83 bits per heavy atom. The summed E-state index contributed by atoms with van der Waals surface area (Å²) < 4.78 is 11.3. The van der Waals surface area contributed by atoms with Crippen LogP contribution >= 0.6 is 34.8 Å². The molecule has 5 nitrogen and oxygen atoms in total. The summed E-state index contributed by atoms with van der Waals surface area (Å²) in [6.45, 7) is 0.604. The van der Waals surface area contributed by atoms with Gasteiger partial charge in [-0.05, 0) is 54.3 Å². The molecule has 0 saturated carbocycles. The van der Waals surface area contributed by atoms with E-state index in [1.165, 1.54) is 18.7 Å². The first-order valence-electron chi connectivity index (χ1n) is 10.8. The highest BCUT2D eigenvalue weighted by atomic mass is 35.5. The number of methoxy groups -OCH3 is 1. The predicted molar refractivity (Wildman–Crippen MR) is 140 cm³/mol. The van der Waals surface area contributed by atoms with Gasteiger partial charge in [0.2, 0.25) is 0 Å². The first-order chi connectivity index (χ1) is 16.9. The van der Waals surface area contributed by atoms with Crippen LogP contribution in [0.4, 0.5) is 0 Å². The molecule has 0 bridgehead atoms. The first-order valence-corrected chi connectivity index (χ1v) is 11.9. The number of aryl methyl sites for hydroxylation is 1. The molecule has 0 aromatic heterocycles. The molecule has 180 valence electrons. The smallest absolute Gasteiger partial charge is 0.261 e. The summed E-state index contributed by atoms with van der Waals surface area (Å²) in [5, 5.41) is 13.6. The summed E-state index contributed by atoms with van der Waals surface area (Å²) >= 11 is 18.6. The third-order valence-corrected chi connectivity index (χ3v) is 5.95. The number of hydrogen-bond donors (Lipinski definition) is 1. The Bertz CT molecular complexity index is 1250. The monoisotopic (exact) mass is 528 g/mol. The number of carbonyl (C=O) groups is 1. The summed E-state index contributed by atoms with van der Waals surface area (Å²) in [6, 6.07) is 20.3. The highest BCUT2D eigenvalue weighted by Gasteiger charge is 2.15. The summed E-state index contributed by atoms with van der Waals surface area (Å²) in [4.78, 5) is 12.5. The van der Waals surface area contributed by atoms with Crippen molar-refractivity contribution >= 4 is 46.8 Å². The Hall–Kier alpha value is -3.17. The Morgan fingerprint density at radius 3 is 2.51 bits per heavy atom. The van der Waals surface area contributed by atoms with Crippen molar-refractivity contribution in [1.82, 2.24) is 5.32 Å². The van der Waals surface area contributed by atoms with Gasteiger partial charge in [0.05, 0.1) is 12.1 Å². The molecule has 0 radical (unpaired) electrons. The van der Waals surface area contributed by atoms with Crippen LogP contribution < -0.4 is 14.8 Å². The highest BCUT2D eigenvalue weighted by Crippen LogP contribution is 2.38. The molecule has 0 aliphatic rings. The average molecular weight is 530 g/mol. The van der Waals surface area contributed by atoms with Gasteiger partial charge in [-0.1, -0.05) is 71.2 Å². The lowest BCUT2D eigenvalue weighted by Crippen LogP contribution is -2.25. The average Bonchev–Trinajstić information content (AvgIpc) is 2.85. The molecule has 0 unspecified atom stereocenters. The van der Waals surface area contributed by atoms with Crippen LogP contribution in [-0.4, -0.2) is 19.6 Å². The van der Waals surface area contributed by atoms with E-state index < -0.39 is 5.91 Å². The van der Waals surface area contributed by atoms with Crippen LogP contribution in [-0.2, 0) is 17.8 Å². The lowest BCUT2D eigenvalue weighted by Gasteiger charge is -2.14. The van der Waals surface area contributed by atoms with Crippen LogP contribution in [0, 0.1) is 11.3 Å². The molecule has 3 rings (SSSR count). The Labute approximate surface area is 219 Å². The molecule has 0 atom stereocenters. The number of nitriles is 1. The van der Waals surface area contributed by atoms with Crippen molar-refractivity contribution in [3.05, 3.63) is 98.0 Å². The molecule has 3 aromatic rings. The van der Waals surface area contributed by atoms with Crippen molar-refractivity contribution in [1.29, 1.82) is 5.26 Å². The molecule has 3 aromatic carbocycles. The Kier molecular flexibility index (Phi) is 9.86. The van der Waals surface area contributed by atoms with Crippen LogP contribution in [0.25, 0.3) is 6.08 Å². The van der Waals surface area contributed by atoms with E-state index in [0.29, 0.717) is 33.7 Å². The van der Waals surface area contributed by atoms with Crippen LogP contribution in [0.1, 0.15) is 23.1 Å². The summed E-state index contributed by atoms with van der Waals surface area (Å²) in [5.41, 5.74) is 2.41. The second kappa shape index (κ2) is 13.1. The standard InChI is InChI=1S/C27H23Cl3N2O3/c1-34-25-14-19(13-24(30)26(25)35-17-20-9-10-22(28)15-23(20)29)12-21(16-31)27(33)32-11-5-8-18-6-3-2-4-7-18/h2-4,6-7,9-10,12-15H,5,8,11,17H2,1H3,(H,32,33)/b21-12-. The molecule has 35 heavy (non-hydrogen) atoms. The fraction of sp³-hybridized carbons (Fsp3) is 0.185. The van der Waals surface area contributed by atoms with Gasteiger partial charge in [0.25, 0.3) is 5.91 Å². The van der Waals surface area contributed by atoms with Gasteiger partial charge in [-0.3, -0.25) is 4.79 Å². The normalized spacial score (nSPS) is 11.0. The highest BCUT2D eigenvalue weighted by molar-refractivity contribution is 6.35. The number of amides is 1. The van der Waals surface area contributed by atoms with Crippen molar-refractivity contribution in [3.8, 4) is 17.6 Å². The number of nitrogens with one attached hydrogen (secondary N) is 1. The summed E-state index contributed by atoms with van der Waals surface area (Å²) in [5.74, 6) is 0.226. The van der Waals surface area contributed by atoms with E-state index in [1.807, 2.05) is 36.4 Å². The second-order valence-corrected chi connectivity index (χ2v) is 8.82. The van der Waals surface area contributed by atoms with Crippen molar-refractivity contribution in [2.75, 3.05) is 13.7 Å².